The molecule has 0 saturated heterocycles. The molecule has 0 saturated carbocycles. The Kier molecular flexibility index (Phi) is 7.88. The number of amides is 2. The summed E-state index contributed by atoms with van der Waals surface area (Å²) < 4.78 is 11.6. The first-order chi connectivity index (χ1) is 13.0. The van der Waals surface area contributed by atoms with Gasteiger partial charge in [0.1, 0.15) is 6.61 Å². The van der Waals surface area contributed by atoms with E-state index in [2.05, 4.69) is 33.1 Å². The topological polar surface area (TPSA) is 76.7 Å². The summed E-state index contributed by atoms with van der Waals surface area (Å²) in [6.45, 7) is 4.15. The average Bonchev–Trinajstić information content (AvgIpc) is 2.67. The highest BCUT2D eigenvalue weighted by Gasteiger charge is 2.11. The predicted octanol–water partition coefficient (Wildman–Crippen LogP) is 3.78. The summed E-state index contributed by atoms with van der Waals surface area (Å²) in [6.07, 6.45) is 1.79. The molecule has 2 amide bonds. The van der Waals surface area contributed by atoms with Crippen LogP contribution in [-0.4, -0.2) is 32.1 Å². The molecule has 27 heavy (non-hydrogen) atoms. The van der Waals surface area contributed by atoms with Gasteiger partial charge in [0.25, 0.3) is 5.91 Å². The Morgan fingerprint density at radius 3 is 2.56 bits per heavy atom. The zero-order chi connectivity index (χ0) is 19.6. The molecule has 0 aliphatic rings. The van der Waals surface area contributed by atoms with Gasteiger partial charge >= 0.3 is 0 Å². The molecule has 7 heteroatoms. The molecular weight excluding hydrogens is 412 g/mol. The number of anilines is 1. The van der Waals surface area contributed by atoms with Gasteiger partial charge in [0.05, 0.1) is 7.11 Å². The van der Waals surface area contributed by atoms with Crippen molar-refractivity contribution in [3.05, 3.63) is 65.2 Å². The lowest BCUT2D eigenvalue weighted by atomic mass is 10.2. The van der Waals surface area contributed by atoms with Crippen LogP contribution in [-0.2, 0) is 4.79 Å². The minimum atomic E-state index is -0.292. The summed E-state index contributed by atoms with van der Waals surface area (Å²) in [5, 5.41) is 5.49. The van der Waals surface area contributed by atoms with E-state index in [0.717, 1.165) is 4.47 Å². The smallest absolute Gasteiger partial charge is 0.251 e. The van der Waals surface area contributed by atoms with E-state index in [1.807, 2.05) is 12.1 Å². The Labute approximate surface area is 166 Å². The van der Waals surface area contributed by atoms with E-state index >= 15 is 0 Å². The maximum atomic E-state index is 12.3. The van der Waals surface area contributed by atoms with E-state index in [1.165, 1.54) is 7.11 Å². The quantitative estimate of drug-likeness (QED) is 0.591. The second kappa shape index (κ2) is 10.4. The van der Waals surface area contributed by atoms with Crippen LogP contribution in [0, 0.1) is 0 Å². The highest BCUT2D eigenvalue weighted by Crippen LogP contribution is 2.28. The van der Waals surface area contributed by atoms with E-state index in [4.69, 9.17) is 9.47 Å². The lowest BCUT2D eigenvalue weighted by Crippen LogP contribution is -2.27. The standard InChI is InChI=1S/C20H21BrN2O4/c1-3-12-27-17-9-4-14(13-18(17)26-2)20(25)22-11-10-19(24)23-16-7-5-15(21)6-8-16/h3-9,13H,1,10-12H2,2H3,(H,22,25)(H,23,24). The van der Waals surface area contributed by atoms with Crippen molar-refractivity contribution in [3.8, 4) is 11.5 Å². The van der Waals surface area contributed by atoms with Crippen molar-refractivity contribution < 1.29 is 19.1 Å². The molecule has 0 aromatic heterocycles. The van der Waals surface area contributed by atoms with Crippen LogP contribution < -0.4 is 20.1 Å². The van der Waals surface area contributed by atoms with Crippen molar-refractivity contribution >= 4 is 33.4 Å². The van der Waals surface area contributed by atoms with Gasteiger partial charge in [0.15, 0.2) is 11.5 Å². The second-order valence-corrected chi connectivity index (χ2v) is 6.44. The molecule has 0 unspecified atom stereocenters. The summed E-state index contributed by atoms with van der Waals surface area (Å²) >= 11 is 3.34. The number of hydrogen-bond acceptors (Lipinski definition) is 4. The second-order valence-electron chi connectivity index (χ2n) is 5.53. The molecule has 2 aromatic carbocycles. The molecule has 0 atom stereocenters. The number of nitrogens with one attached hydrogen (secondary N) is 2. The molecule has 2 N–H and O–H groups in total. The number of carbonyl (C=O) groups excluding carboxylic acids is 2. The Balaban J connectivity index is 1.85. The number of ether oxygens (including phenoxy) is 2. The minimum absolute atomic E-state index is 0.166. The van der Waals surface area contributed by atoms with Crippen molar-refractivity contribution in [2.75, 3.05) is 25.6 Å². The molecule has 2 aromatic rings. The van der Waals surface area contributed by atoms with Crippen LogP contribution >= 0.6 is 15.9 Å². The third kappa shape index (κ3) is 6.45. The van der Waals surface area contributed by atoms with Gasteiger partial charge in [0.2, 0.25) is 5.91 Å². The average molecular weight is 433 g/mol. The number of halogens is 1. The van der Waals surface area contributed by atoms with E-state index in [0.29, 0.717) is 29.4 Å². The molecule has 0 aliphatic heterocycles. The Bertz CT molecular complexity index is 806. The number of benzene rings is 2. The van der Waals surface area contributed by atoms with Gasteiger partial charge in [0, 0.05) is 28.7 Å². The summed E-state index contributed by atoms with van der Waals surface area (Å²) in [6, 6.07) is 12.2. The van der Waals surface area contributed by atoms with Gasteiger partial charge in [-0.05, 0) is 42.5 Å². The Morgan fingerprint density at radius 2 is 1.89 bits per heavy atom. The fourth-order valence-electron chi connectivity index (χ4n) is 2.23. The van der Waals surface area contributed by atoms with Crippen LogP contribution in [0.3, 0.4) is 0 Å². The van der Waals surface area contributed by atoms with Gasteiger partial charge in [-0.25, -0.2) is 0 Å². The molecule has 6 nitrogen and oxygen atoms in total. The monoisotopic (exact) mass is 432 g/mol. The van der Waals surface area contributed by atoms with Crippen molar-refractivity contribution in [1.29, 1.82) is 0 Å². The lowest BCUT2D eigenvalue weighted by molar-refractivity contribution is -0.116. The highest BCUT2D eigenvalue weighted by molar-refractivity contribution is 9.10. The van der Waals surface area contributed by atoms with Crippen LogP contribution in [0.1, 0.15) is 16.8 Å². The van der Waals surface area contributed by atoms with E-state index in [-0.39, 0.29) is 24.8 Å². The van der Waals surface area contributed by atoms with Gasteiger partial charge in [-0.3, -0.25) is 9.59 Å². The third-order valence-electron chi connectivity index (χ3n) is 3.55. The van der Waals surface area contributed by atoms with Gasteiger partial charge < -0.3 is 20.1 Å². The highest BCUT2D eigenvalue weighted by atomic mass is 79.9. The van der Waals surface area contributed by atoms with Crippen LogP contribution in [0.4, 0.5) is 5.69 Å². The number of carbonyl (C=O) groups is 2. The Hall–Kier alpha value is -2.80. The zero-order valence-corrected chi connectivity index (χ0v) is 16.5. The molecule has 0 radical (unpaired) electrons. The van der Waals surface area contributed by atoms with E-state index < -0.39 is 0 Å². The summed E-state index contributed by atoms with van der Waals surface area (Å²) in [5.41, 5.74) is 1.13. The molecule has 142 valence electrons. The summed E-state index contributed by atoms with van der Waals surface area (Å²) in [4.78, 5) is 24.2. The third-order valence-corrected chi connectivity index (χ3v) is 4.08. The molecule has 0 fully saturated rings. The molecule has 0 spiro atoms. The predicted molar refractivity (Wildman–Crippen MR) is 108 cm³/mol. The van der Waals surface area contributed by atoms with Gasteiger partial charge in [-0.2, -0.15) is 0 Å². The number of hydrogen-bond donors (Lipinski definition) is 2. The van der Waals surface area contributed by atoms with Crippen molar-refractivity contribution in [2.45, 2.75) is 6.42 Å². The van der Waals surface area contributed by atoms with Crippen LogP contribution in [0.25, 0.3) is 0 Å². The first-order valence-electron chi connectivity index (χ1n) is 8.29. The van der Waals surface area contributed by atoms with E-state index in [9.17, 15) is 9.59 Å². The normalized spacial score (nSPS) is 10.0. The van der Waals surface area contributed by atoms with Gasteiger partial charge in [-0.1, -0.05) is 28.6 Å². The SMILES string of the molecule is C=CCOc1ccc(C(=O)NCCC(=O)Nc2ccc(Br)cc2)cc1OC. The van der Waals surface area contributed by atoms with Gasteiger partial charge in [-0.15, -0.1) is 0 Å². The fourth-order valence-corrected chi connectivity index (χ4v) is 2.49. The number of rotatable bonds is 9. The first kappa shape index (κ1) is 20.5. The van der Waals surface area contributed by atoms with Crippen LogP contribution in [0.5, 0.6) is 11.5 Å². The molecule has 0 aliphatic carbocycles. The molecule has 0 bridgehead atoms. The maximum Gasteiger partial charge on any atom is 0.251 e. The maximum absolute atomic E-state index is 12.3. The van der Waals surface area contributed by atoms with Crippen LogP contribution in [0.15, 0.2) is 59.6 Å². The first-order valence-corrected chi connectivity index (χ1v) is 9.08. The van der Waals surface area contributed by atoms with Crippen molar-refractivity contribution in [2.24, 2.45) is 0 Å². The largest absolute Gasteiger partial charge is 0.493 e. The zero-order valence-electron chi connectivity index (χ0n) is 15.0. The lowest BCUT2D eigenvalue weighted by Gasteiger charge is -2.11. The van der Waals surface area contributed by atoms with Crippen molar-refractivity contribution in [3.63, 3.8) is 0 Å². The molecule has 2 rings (SSSR count). The summed E-state index contributed by atoms with van der Waals surface area (Å²) in [5.74, 6) is 0.517. The number of methoxy groups -OCH3 is 1. The van der Waals surface area contributed by atoms with Crippen LogP contribution in [0.2, 0.25) is 0 Å². The van der Waals surface area contributed by atoms with Crippen molar-refractivity contribution in [1.82, 2.24) is 5.32 Å². The Morgan fingerprint density at radius 1 is 1.15 bits per heavy atom. The molecule has 0 heterocycles. The van der Waals surface area contributed by atoms with E-state index in [1.54, 1.807) is 36.4 Å². The minimum Gasteiger partial charge on any atom is -0.493 e. The molecular formula is C20H21BrN2O4. The summed E-state index contributed by atoms with van der Waals surface area (Å²) in [7, 11) is 1.50. The fraction of sp³-hybridized carbons (Fsp3) is 0.200.